The SMILES string of the molecule is CC(=O)OC(C(=O)O)[C@H]1OCCN(c2cccc(C3(OC(C)=O)CCC3)n2)C1=O. The topological polar surface area (TPSA) is 132 Å². The van der Waals surface area contributed by atoms with Crippen molar-refractivity contribution in [1.29, 1.82) is 0 Å². The standard InChI is InChI=1S/C19H22N2O8/c1-11(22)28-16(18(25)26)15-17(24)21(9-10-27-15)14-6-3-5-13(20-14)19(7-4-8-19)29-12(2)23/h3,5-6,15-16H,4,7-10H2,1-2H3,(H,25,26)/t15-,16?/m1/s1. The predicted molar refractivity (Wildman–Crippen MR) is 96.8 cm³/mol. The zero-order chi connectivity index (χ0) is 21.2. The molecule has 0 bridgehead atoms. The molecule has 3 rings (SSSR count). The number of hydrogen-bond donors (Lipinski definition) is 1. The summed E-state index contributed by atoms with van der Waals surface area (Å²) in [7, 11) is 0. The molecule has 1 saturated heterocycles. The molecule has 29 heavy (non-hydrogen) atoms. The van der Waals surface area contributed by atoms with Crippen molar-refractivity contribution < 1.29 is 38.5 Å². The monoisotopic (exact) mass is 406 g/mol. The fraction of sp³-hybridized carbons (Fsp3) is 0.526. The van der Waals surface area contributed by atoms with Gasteiger partial charge in [-0.25, -0.2) is 9.78 Å². The van der Waals surface area contributed by atoms with Crippen molar-refractivity contribution in [3.63, 3.8) is 0 Å². The van der Waals surface area contributed by atoms with E-state index in [-0.39, 0.29) is 19.0 Å². The molecule has 0 aromatic carbocycles. The molecule has 2 fully saturated rings. The fourth-order valence-corrected chi connectivity index (χ4v) is 3.48. The van der Waals surface area contributed by atoms with Crippen molar-refractivity contribution in [3.05, 3.63) is 23.9 Å². The van der Waals surface area contributed by atoms with Crippen LogP contribution in [0, 0.1) is 0 Å². The van der Waals surface area contributed by atoms with Gasteiger partial charge in [-0.3, -0.25) is 19.3 Å². The second kappa shape index (κ2) is 8.16. The summed E-state index contributed by atoms with van der Waals surface area (Å²) in [4.78, 5) is 52.9. The highest BCUT2D eigenvalue weighted by atomic mass is 16.6. The van der Waals surface area contributed by atoms with Crippen LogP contribution in [0.5, 0.6) is 0 Å². The molecule has 1 amide bonds. The lowest BCUT2D eigenvalue weighted by Crippen LogP contribution is -2.56. The van der Waals surface area contributed by atoms with Crippen molar-refractivity contribution in [2.24, 2.45) is 0 Å². The highest BCUT2D eigenvalue weighted by molar-refractivity contribution is 6.00. The van der Waals surface area contributed by atoms with E-state index < -0.39 is 41.6 Å². The number of ether oxygens (including phenoxy) is 3. The first-order chi connectivity index (χ1) is 13.7. The molecule has 1 aromatic rings. The maximum atomic E-state index is 12.9. The minimum absolute atomic E-state index is 0.0441. The summed E-state index contributed by atoms with van der Waals surface area (Å²) in [5, 5.41) is 9.33. The Morgan fingerprint density at radius 2 is 2.00 bits per heavy atom. The molecule has 1 saturated carbocycles. The van der Waals surface area contributed by atoms with Gasteiger partial charge in [0.1, 0.15) is 5.82 Å². The van der Waals surface area contributed by atoms with Gasteiger partial charge in [-0.15, -0.1) is 0 Å². The molecule has 1 N–H and O–H groups in total. The molecule has 2 atom stereocenters. The van der Waals surface area contributed by atoms with Gasteiger partial charge in [-0.05, 0) is 31.4 Å². The van der Waals surface area contributed by atoms with E-state index in [0.717, 1.165) is 13.3 Å². The Labute approximate surface area is 166 Å². The number of amides is 1. The maximum Gasteiger partial charge on any atom is 0.348 e. The van der Waals surface area contributed by atoms with E-state index in [2.05, 4.69) is 4.98 Å². The van der Waals surface area contributed by atoms with E-state index in [0.29, 0.717) is 18.5 Å². The lowest BCUT2D eigenvalue weighted by molar-refractivity contribution is -0.177. The summed E-state index contributed by atoms with van der Waals surface area (Å²) in [5.74, 6) is -3.12. The highest BCUT2D eigenvalue weighted by Gasteiger charge is 2.45. The van der Waals surface area contributed by atoms with Gasteiger partial charge in [0, 0.05) is 13.8 Å². The Balaban J connectivity index is 1.87. The van der Waals surface area contributed by atoms with Gasteiger partial charge in [0.05, 0.1) is 18.8 Å². The molecule has 0 spiro atoms. The molecular formula is C19H22N2O8. The Morgan fingerprint density at radius 3 is 2.55 bits per heavy atom. The fourth-order valence-electron chi connectivity index (χ4n) is 3.48. The van der Waals surface area contributed by atoms with Crippen molar-refractivity contribution in [2.45, 2.75) is 50.9 Å². The Hall–Kier alpha value is -3.01. The summed E-state index contributed by atoms with van der Waals surface area (Å²) >= 11 is 0. The molecule has 1 unspecified atom stereocenters. The number of carbonyl (C=O) groups is 4. The van der Waals surface area contributed by atoms with Crippen LogP contribution in [0.1, 0.15) is 38.8 Å². The summed E-state index contributed by atoms with van der Waals surface area (Å²) in [6.45, 7) is 2.58. The van der Waals surface area contributed by atoms with Crippen LogP contribution in [-0.4, -0.2) is 59.3 Å². The number of nitrogens with zero attached hydrogens (tertiary/aromatic N) is 2. The number of hydrogen-bond acceptors (Lipinski definition) is 8. The summed E-state index contributed by atoms with van der Waals surface area (Å²) in [5.41, 5.74) is -0.278. The largest absolute Gasteiger partial charge is 0.478 e. The van der Waals surface area contributed by atoms with Gasteiger partial charge < -0.3 is 19.3 Å². The number of carboxylic acid groups (broad SMARTS) is 1. The van der Waals surface area contributed by atoms with Gasteiger partial charge >= 0.3 is 17.9 Å². The average molecular weight is 406 g/mol. The summed E-state index contributed by atoms with van der Waals surface area (Å²) in [6.07, 6.45) is -1.08. The molecule has 10 heteroatoms. The molecule has 0 radical (unpaired) electrons. The molecule has 2 aliphatic rings. The molecule has 10 nitrogen and oxygen atoms in total. The van der Waals surface area contributed by atoms with Gasteiger partial charge in [-0.2, -0.15) is 0 Å². The molecule has 2 heterocycles. The number of carboxylic acids is 1. The van der Waals surface area contributed by atoms with E-state index in [1.807, 2.05) is 0 Å². The number of aliphatic carboxylic acids is 1. The number of morpholine rings is 1. The first kappa shape index (κ1) is 20.7. The Bertz CT molecular complexity index is 835. The van der Waals surface area contributed by atoms with E-state index in [1.54, 1.807) is 18.2 Å². The third-order valence-electron chi connectivity index (χ3n) is 4.91. The van der Waals surface area contributed by atoms with Crippen LogP contribution in [0.15, 0.2) is 18.2 Å². The van der Waals surface area contributed by atoms with Crippen LogP contribution >= 0.6 is 0 Å². The lowest BCUT2D eigenvalue weighted by Gasteiger charge is -2.40. The predicted octanol–water partition coefficient (Wildman–Crippen LogP) is 0.772. The number of carbonyl (C=O) groups excluding carboxylic acids is 3. The molecule has 1 aliphatic carbocycles. The maximum absolute atomic E-state index is 12.9. The van der Waals surface area contributed by atoms with Crippen LogP contribution in [0.25, 0.3) is 0 Å². The first-order valence-electron chi connectivity index (χ1n) is 9.24. The number of pyridine rings is 1. The van der Waals surface area contributed by atoms with Crippen molar-refractivity contribution in [2.75, 3.05) is 18.1 Å². The third-order valence-corrected chi connectivity index (χ3v) is 4.91. The number of anilines is 1. The minimum atomic E-state index is -1.76. The van der Waals surface area contributed by atoms with E-state index in [9.17, 15) is 24.3 Å². The Kier molecular flexibility index (Phi) is 5.83. The van der Waals surface area contributed by atoms with E-state index >= 15 is 0 Å². The Morgan fingerprint density at radius 1 is 1.28 bits per heavy atom. The van der Waals surface area contributed by atoms with E-state index in [1.165, 1.54) is 11.8 Å². The summed E-state index contributed by atoms with van der Waals surface area (Å²) < 4.78 is 15.6. The van der Waals surface area contributed by atoms with Gasteiger partial charge in [0.15, 0.2) is 11.7 Å². The van der Waals surface area contributed by atoms with Crippen molar-refractivity contribution in [1.82, 2.24) is 4.98 Å². The molecule has 1 aromatic heterocycles. The van der Waals surface area contributed by atoms with Gasteiger partial charge in [-0.1, -0.05) is 6.07 Å². The second-order valence-corrected chi connectivity index (χ2v) is 6.97. The van der Waals surface area contributed by atoms with Crippen molar-refractivity contribution >= 4 is 29.6 Å². The van der Waals surface area contributed by atoms with Crippen LogP contribution in [-0.2, 0) is 39.0 Å². The van der Waals surface area contributed by atoms with Gasteiger partial charge in [0.2, 0.25) is 6.10 Å². The van der Waals surface area contributed by atoms with Crippen LogP contribution in [0.4, 0.5) is 5.82 Å². The highest BCUT2D eigenvalue weighted by Crippen LogP contribution is 2.44. The minimum Gasteiger partial charge on any atom is -0.478 e. The summed E-state index contributed by atoms with van der Waals surface area (Å²) in [6, 6.07) is 5.03. The third kappa shape index (κ3) is 4.21. The number of esters is 2. The smallest absolute Gasteiger partial charge is 0.348 e. The number of aromatic nitrogens is 1. The molecule has 156 valence electrons. The molecular weight excluding hydrogens is 384 g/mol. The quantitative estimate of drug-likeness (QED) is 0.680. The zero-order valence-corrected chi connectivity index (χ0v) is 16.1. The average Bonchev–Trinajstić information content (AvgIpc) is 2.63. The van der Waals surface area contributed by atoms with Crippen LogP contribution in [0.3, 0.4) is 0 Å². The van der Waals surface area contributed by atoms with Crippen LogP contribution < -0.4 is 4.90 Å². The van der Waals surface area contributed by atoms with Gasteiger partial charge in [0.25, 0.3) is 5.91 Å². The number of rotatable bonds is 6. The zero-order valence-electron chi connectivity index (χ0n) is 16.1. The first-order valence-corrected chi connectivity index (χ1v) is 9.24. The van der Waals surface area contributed by atoms with Crippen LogP contribution in [0.2, 0.25) is 0 Å². The normalized spacial score (nSPS) is 21.7. The molecule has 1 aliphatic heterocycles. The van der Waals surface area contributed by atoms with E-state index in [4.69, 9.17) is 14.2 Å². The lowest BCUT2D eigenvalue weighted by atomic mass is 9.77. The second-order valence-electron chi connectivity index (χ2n) is 6.97. The van der Waals surface area contributed by atoms with Crippen molar-refractivity contribution in [3.8, 4) is 0 Å².